The summed E-state index contributed by atoms with van der Waals surface area (Å²) in [6, 6.07) is 0. The second-order valence-electron chi connectivity index (χ2n) is 4.33. The summed E-state index contributed by atoms with van der Waals surface area (Å²) in [4.78, 5) is 0. The topological polar surface area (TPSA) is 18.5 Å². The predicted octanol–water partition coefficient (Wildman–Crippen LogP) is 4.48. The number of rotatable bonds is 3. The number of ether oxygens (including phenoxy) is 2. The molecule has 0 spiro atoms. The summed E-state index contributed by atoms with van der Waals surface area (Å²) in [5, 5.41) is 0. The Hall–Kier alpha value is -2.52. The molecule has 0 saturated carbocycles. The third-order valence-electron chi connectivity index (χ3n) is 3.10. The van der Waals surface area contributed by atoms with E-state index in [0.29, 0.717) is 14.2 Å². The first kappa shape index (κ1) is 17.8. The maximum Gasteiger partial charge on any atom is 0.206 e. The minimum Gasteiger partial charge on any atom is -0.491 e. The third-order valence-corrected chi connectivity index (χ3v) is 3.10. The van der Waals surface area contributed by atoms with E-state index in [1.165, 1.54) is 0 Å². The van der Waals surface area contributed by atoms with Gasteiger partial charge >= 0.3 is 0 Å². The Balaban J connectivity index is 3.03. The van der Waals surface area contributed by atoms with Crippen LogP contribution in [-0.2, 0) is 0 Å². The SMILES string of the molecule is COc1c(F)c(F)c(F)c(-c2c(F)c(F)c(F)c(OC)c2F)c1F. The highest BCUT2D eigenvalue weighted by Gasteiger charge is 2.34. The standard InChI is InChI=1S/C14H6F8O2/c1-23-13-7(17)3(5(15)9(19)11(13)21)4-6(16)10(20)12(22)14(24-2)8(4)18/h1-2H3. The number of hydrogen-bond acceptors (Lipinski definition) is 2. The molecule has 0 fully saturated rings. The van der Waals surface area contributed by atoms with Crippen molar-refractivity contribution < 1.29 is 44.6 Å². The number of hydrogen-bond donors (Lipinski definition) is 0. The molecule has 2 aromatic carbocycles. The van der Waals surface area contributed by atoms with Gasteiger partial charge in [0.15, 0.2) is 46.4 Å². The zero-order chi connectivity index (χ0) is 18.3. The summed E-state index contributed by atoms with van der Waals surface area (Å²) in [5.74, 6) is -20.7. The highest BCUT2D eigenvalue weighted by Crippen LogP contribution is 2.42. The zero-order valence-corrected chi connectivity index (χ0v) is 11.8. The minimum atomic E-state index is -2.36. The number of benzene rings is 2. The average molecular weight is 358 g/mol. The average Bonchev–Trinajstić information content (AvgIpc) is 2.55. The molecule has 0 saturated heterocycles. The highest BCUT2D eigenvalue weighted by molar-refractivity contribution is 5.70. The maximum atomic E-state index is 14.1. The molecule has 2 rings (SSSR count). The van der Waals surface area contributed by atoms with Crippen molar-refractivity contribution >= 4 is 0 Å². The summed E-state index contributed by atoms with van der Waals surface area (Å²) in [5.41, 5.74) is -3.64. The fourth-order valence-corrected chi connectivity index (χ4v) is 2.02. The van der Waals surface area contributed by atoms with Gasteiger partial charge in [-0.2, -0.15) is 8.78 Å². The summed E-state index contributed by atoms with van der Waals surface area (Å²) in [6.07, 6.45) is 0. The molecule has 0 N–H and O–H groups in total. The van der Waals surface area contributed by atoms with Gasteiger partial charge in [-0.25, -0.2) is 26.3 Å². The predicted molar refractivity (Wildman–Crippen MR) is 64.6 cm³/mol. The van der Waals surface area contributed by atoms with Crippen LogP contribution in [0.5, 0.6) is 11.5 Å². The largest absolute Gasteiger partial charge is 0.491 e. The molecule has 10 heteroatoms. The Morgan fingerprint density at radius 1 is 0.417 bits per heavy atom. The fraction of sp³-hybridized carbons (Fsp3) is 0.143. The van der Waals surface area contributed by atoms with Crippen molar-refractivity contribution in [2.24, 2.45) is 0 Å². The lowest BCUT2D eigenvalue weighted by molar-refractivity contribution is 0.331. The molecule has 0 bridgehead atoms. The fourth-order valence-electron chi connectivity index (χ4n) is 2.02. The van der Waals surface area contributed by atoms with Crippen molar-refractivity contribution in [2.75, 3.05) is 14.2 Å². The van der Waals surface area contributed by atoms with Crippen LogP contribution in [0.25, 0.3) is 11.1 Å². The van der Waals surface area contributed by atoms with Gasteiger partial charge in [0.25, 0.3) is 0 Å². The van der Waals surface area contributed by atoms with Crippen LogP contribution in [0.1, 0.15) is 0 Å². The molecular formula is C14H6F8O2. The summed E-state index contributed by atoms with van der Waals surface area (Å²) in [6.45, 7) is 0. The molecule has 2 nitrogen and oxygen atoms in total. The Bertz CT molecular complexity index is 765. The molecule has 0 atom stereocenters. The van der Waals surface area contributed by atoms with Crippen molar-refractivity contribution in [1.29, 1.82) is 0 Å². The van der Waals surface area contributed by atoms with Crippen molar-refractivity contribution in [3.05, 3.63) is 46.5 Å². The van der Waals surface area contributed by atoms with E-state index in [9.17, 15) is 35.1 Å². The molecule has 0 aliphatic rings. The lowest BCUT2D eigenvalue weighted by Gasteiger charge is -2.15. The van der Waals surface area contributed by atoms with Crippen LogP contribution in [-0.4, -0.2) is 14.2 Å². The van der Waals surface area contributed by atoms with E-state index in [4.69, 9.17) is 0 Å². The van der Waals surface area contributed by atoms with Crippen LogP contribution in [0.4, 0.5) is 35.1 Å². The van der Waals surface area contributed by atoms with E-state index in [1.54, 1.807) is 0 Å². The van der Waals surface area contributed by atoms with Crippen LogP contribution in [0.2, 0.25) is 0 Å². The van der Waals surface area contributed by atoms with E-state index in [1.807, 2.05) is 0 Å². The van der Waals surface area contributed by atoms with Gasteiger partial charge in [-0.15, -0.1) is 0 Å². The molecule has 130 valence electrons. The van der Waals surface area contributed by atoms with E-state index in [-0.39, 0.29) is 0 Å². The van der Waals surface area contributed by atoms with Gasteiger partial charge < -0.3 is 9.47 Å². The summed E-state index contributed by atoms with van der Waals surface area (Å²) >= 11 is 0. The zero-order valence-electron chi connectivity index (χ0n) is 11.8. The van der Waals surface area contributed by atoms with Crippen LogP contribution in [0.15, 0.2) is 0 Å². The molecule has 0 unspecified atom stereocenters. The van der Waals surface area contributed by atoms with Crippen molar-refractivity contribution in [1.82, 2.24) is 0 Å². The second-order valence-corrected chi connectivity index (χ2v) is 4.33. The summed E-state index contributed by atoms with van der Waals surface area (Å²) < 4.78 is 118. The smallest absolute Gasteiger partial charge is 0.206 e. The van der Waals surface area contributed by atoms with E-state index >= 15 is 0 Å². The van der Waals surface area contributed by atoms with E-state index in [0.717, 1.165) is 0 Å². The van der Waals surface area contributed by atoms with Gasteiger partial charge in [0, 0.05) is 0 Å². The van der Waals surface area contributed by atoms with Crippen LogP contribution < -0.4 is 9.47 Å². The maximum absolute atomic E-state index is 14.1. The Morgan fingerprint density at radius 2 is 0.708 bits per heavy atom. The second kappa shape index (κ2) is 6.17. The molecule has 0 heterocycles. The minimum absolute atomic E-state index is 0.668. The van der Waals surface area contributed by atoms with Gasteiger partial charge in [-0.3, -0.25) is 0 Å². The van der Waals surface area contributed by atoms with Gasteiger partial charge in [-0.05, 0) is 0 Å². The Kier molecular flexibility index (Phi) is 4.59. The first-order valence-corrected chi connectivity index (χ1v) is 5.99. The molecule has 0 radical (unpaired) electrons. The first-order valence-electron chi connectivity index (χ1n) is 5.99. The lowest BCUT2D eigenvalue weighted by Crippen LogP contribution is -2.09. The Morgan fingerprint density at radius 3 is 0.958 bits per heavy atom. The Labute approximate surface area is 129 Å². The first-order chi connectivity index (χ1) is 11.2. The molecule has 0 amide bonds. The van der Waals surface area contributed by atoms with Gasteiger partial charge in [0.05, 0.1) is 25.3 Å². The lowest BCUT2D eigenvalue weighted by atomic mass is 10.0. The van der Waals surface area contributed by atoms with Crippen molar-refractivity contribution in [2.45, 2.75) is 0 Å². The van der Waals surface area contributed by atoms with E-state index < -0.39 is 69.2 Å². The van der Waals surface area contributed by atoms with Gasteiger partial charge in [-0.1, -0.05) is 0 Å². The van der Waals surface area contributed by atoms with Crippen molar-refractivity contribution in [3.8, 4) is 22.6 Å². The summed E-state index contributed by atoms with van der Waals surface area (Å²) in [7, 11) is 1.34. The molecule has 0 aromatic heterocycles. The van der Waals surface area contributed by atoms with Gasteiger partial charge in [0.1, 0.15) is 0 Å². The van der Waals surface area contributed by atoms with Crippen LogP contribution in [0.3, 0.4) is 0 Å². The number of methoxy groups -OCH3 is 2. The molecule has 0 aliphatic heterocycles. The molecule has 0 aliphatic carbocycles. The third kappa shape index (κ3) is 2.33. The van der Waals surface area contributed by atoms with Crippen molar-refractivity contribution in [3.63, 3.8) is 0 Å². The van der Waals surface area contributed by atoms with Gasteiger partial charge in [0.2, 0.25) is 11.6 Å². The van der Waals surface area contributed by atoms with Crippen LogP contribution >= 0.6 is 0 Å². The van der Waals surface area contributed by atoms with Crippen LogP contribution in [0, 0.1) is 46.5 Å². The monoisotopic (exact) mass is 358 g/mol. The quantitative estimate of drug-likeness (QED) is 0.458. The normalized spacial score (nSPS) is 10.9. The highest BCUT2D eigenvalue weighted by atomic mass is 19.2. The van der Waals surface area contributed by atoms with E-state index in [2.05, 4.69) is 9.47 Å². The molecule has 24 heavy (non-hydrogen) atoms. The molecule has 2 aromatic rings. The number of halogens is 8. The molecular weight excluding hydrogens is 352 g/mol.